The van der Waals surface area contributed by atoms with E-state index in [1.165, 1.54) is 0 Å². The molecule has 3 N–H and O–H groups in total. The van der Waals surface area contributed by atoms with Gasteiger partial charge in [0.25, 0.3) is 0 Å². The molecule has 1 fully saturated rings. The molecule has 21 heavy (non-hydrogen) atoms. The van der Waals surface area contributed by atoms with Crippen molar-refractivity contribution in [1.82, 2.24) is 15.3 Å². The van der Waals surface area contributed by atoms with Crippen molar-refractivity contribution >= 4 is 17.5 Å². The summed E-state index contributed by atoms with van der Waals surface area (Å²) in [5.41, 5.74) is 0. The fourth-order valence-electron chi connectivity index (χ4n) is 1.84. The van der Waals surface area contributed by atoms with E-state index >= 15 is 0 Å². The summed E-state index contributed by atoms with van der Waals surface area (Å²) in [7, 11) is 0. The molecule has 0 atom stereocenters. The Labute approximate surface area is 126 Å². The van der Waals surface area contributed by atoms with Gasteiger partial charge in [-0.05, 0) is 19.3 Å². The first kappa shape index (κ1) is 15.5. The highest BCUT2D eigenvalue weighted by atomic mass is 16.2. The Balaban J connectivity index is 1.98. The Kier molecular flexibility index (Phi) is 5.36. The quantitative estimate of drug-likeness (QED) is 0.683. The maximum absolute atomic E-state index is 11.7. The van der Waals surface area contributed by atoms with Crippen molar-refractivity contribution in [3.63, 3.8) is 0 Å². The molecule has 116 valence electrons. The van der Waals surface area contributed by atoms with Gasteiger partial charge in [-0.2, -0.15) is 0 Å². The highest BCUT2D eigenvalue weighted by molar-refractivity contribution is 5.81. The minimum absolute atomic E-state index is 0.0188. The lowest BCUT2D eigenvalue weighted by atomic mass is 10.2. The van der Waals surface area contributed by atoms with Crippen LogP contribution >= 0.6 is 0 Å². The molecule has 1 aliphatic rings. The summed E-state index contributed by atoms with van der Waals surface area (Å²) in [6.07, 6.45) is 3.23. The second kappa shape index (κ2) is 7.24. The standard InChI is InChI=1S/C15H25N5O/c1-4-7-16-12-8-13(20-15(19-12)10(2)3)17-9-14(21)18-11-5-6-11/h8,10-11H,4-7,9H2,1-3H3,(H,18,21)(H2,16,17,19,20). The van der Waals surface area contributed by atoms with Gasteiger partial charge in [-0.3, -0.25) is 4.79 Å². The molecule has 2 rings (SSSR count). The second-order valence-corrected chi connectivity index (χ2v) is 5.77. The number of nitrogens with one attached hydrogen (secondary N) is 3. The van der Waals surface area contributed by atoms with Gasteiger partial charge in [0, 0.05) is 24.6 Å². The third-order valence-corrected chi connectivity index (χ3v) is 3.19. The van der Waals surface area contributed by atoms with Gasteiger partial charge < -0.3 is 16.0 Å². The predicted molar refractivity (Wildman–Crippen MR) is 84.6 cm³/mol. The number of anilines is 2. The van der Waals surface area contributed by atoms with Crippen molar-refractivity contribution in [3.8, 4) is 0 Å². The number of hydrogen-bond acceptors (Lipinski definition) is 5. The fourth-order valence-corrected chi connectivity index (χ4v) is 1.84. The number of carbonyl (C=O) groups excluding carboxylic acids is 1. The van der Waals surface area contributed by atoms with E-state index in [2.05, 4.69) is 46.7 Å². The molecular formula is C15H25N5O. The average molecular weight is 291 g/mol. The molecule has 1 aromatic heterocycles. The first-order valence-corrected chi connectivity index (χ1v) is 7.74. The van der Waals surface area contributed by atoms with E-state index < -0.39 is 0 Å². The van der Waals surface area contributed by atoms with Crippen LogP contribution in [0.15, 0.2) is 6.07 Å². The maximum atomic E-state index is 11.7. The van der Waals surface area contributed by atoms with Crippen LogP contribution in [0.3, 0.4) is 0 Å². The minimum atomic E-state index is 0.0188. The molecular weight excluding hydrogens is 266 g/mol. The van der Waals surface area contributed by atoms with Crippen LogP contribution in [0.5, 0.6) is 0 Å². The smallest absolute Gasteiger partial charge is 0.239 e. The largest absolute Gasteiger partial charge is 0.370 e. The van der Waals surface area contributed by atoms with Crippen LogP contribution in [-0.2, 0) is 4.79 Å². The molecule has 0 unspecified atom stereocenters. The van der Waals surface area contributed by atoms with Crippen LogP contribution in [0.2, 0.25) is 0 Å². The van der Waals surface area contributed by atoms with Crippen LogP contribution in [0, 0.1) is 0 Å². The predicted octanol–water partition coefficient (Wildman–Crippen LogP) is 2.11. The third kappa shape index (κ3) is 5.21. The normalized spacial score (nSPS) is 14.1. The molecule has 1 aromatic rings. The molecule has 0 bridgehead atoms. The monoisotopic (exact) mass is 291 g/mol. The molecule has 0 spiro atoms. The SMILES string of the molecule is CCCNc1cc(NCC(=O)NC2CC2)nc(C(C)C)n1. The summed E-state index contributed by atoms with van der Waals surface area (Å²) in [6.45, 7) is 7.35. The second-order valence-electron chi connectivity index (χ2n) is 5.77. The van der Waals surface area contributed by atoms with E-state index in [1.807, 2.05) is 6.07 Å². The summed E-state index contributed by atoms with van der Waals surface area (Å²) in [4.78, 5) is 20.7. The highest BCUT2D eigenvalue weighted by Gasteiger charge is 2.22. The highest BCUT2D eigenvalue weighted by Crippen LogP contribution is 2.19. The van der Waals surface area contributed by atoms with Gasteiger partial charge in [-0.15, -0.1) is 0 Å². The van der Waals surface area contributed by atoms with Crippen molar-refractivity contribution in [2.45, 2.75) is 52.0 Å². The molecule has 1 aliphatic carbocycles. The molecule has 0 radical (unpaired) electrons. The van der Waals surface area contributed by atoms with Crippen molar-refractivity contribution in [2.24, 2.45) is 0 Å². The van der Waals surface area contributed by atoms with E-state index in [4.69, 9.17) is 0 Å². The van der Waals surface area contributed by atoms with Gasteiger partial charge >= 0.3 is 0 Å². The van der Waals surface area contributed by atoms with E-state index in [1.54, 1.807) is 0 Å². The molecule has 0 aliphatic heterocycles. The molecule has 1 heterocycles. The zero-order valence-electron chi connectivity index (χ0n) is 13.1. The zero-order chi connectivity index (χ0) is 15.2. The molecule has 1 saturated carbocycles. The minimum Gasteiger partial charge on any atom is -0.370 e. The van der Waals surface area contributed by atoms with Crippen molar-refractivity contribution in [1.29, 1.82) is 0 Å². The Bertz CT molecular complexity index is 485. The topological polar surface area (TPSA) is 78.9 Å². The van der Waals surface area contributed by atoms with E-state index in [-0.39, 0.29) is 18.4 Å². The Hall–Kier alpha value is -1.85. The molecule has 1 amide bonds. The number of hydrogen-bond donors (Lipinski definition) is 3. The van der Waals surface area contributed by atoms with E-state index in [9.17, 15) is 4.79 Å². The van der Waals surface area contributed by atoms with E-state index in [0.717, 1.165) is 37.4 Å². The number of carbonyl (C=O) groups is 1. The molecule has 0 saturated heterocycles. The van der Waals surface area contributed by atoms with Crippen LogP contribution < -0.4 is 16.0 Å². The lowest BCUT2D eigenvalue weighted by Gasteiger charge is -2.12. The first-order chi connectivity index (χ1) is 10.1. The van der Waals surface area contributed by atoms with E-state index in [0.29, 0.717) is 11.9 Å². The number of nitrogens with zero attached hydrogens (tertiary/aromatic N) is 2. The molecule has 6 heteroatoms. The van der Waals surface area contributed by atoms with Crippen molar-refractivity contribution in [3.05, 3.63) is 11.9 Å². The first-order valence-electron chi connectivity index (χ1n) is 7.74. The lowest BCUT2D eigenvalue weighted by Crippen LogP contribution is -2.31. The Morgan fingerprint density at radius 3 is 2.52 bits per heavy atom. The molecule has 0 aromatic carbocycles. The maximum Gasteiger partial charge on any atom is 0.239 e. The van der Waals surface area contributed by atoms with Gasteiger partial charge in [0.2, 0.25) is 5.91 Å². The van der Waals surface area contributed by atoms with Crippen LogP contribution in [-0.4, -0.2) is 35.0 Å². The van der Waals surface area contributed by atoms with Crippen molar-refractivity contribution in [2.75, 3.05) is 23.7 Å². The van der Waals surface area contributed by atoms with Gasteiger partial charge in [0.15, 0.2) is 0 Å². The summed E-state index contributed by atoms with van der Waals surface area (Å²) < 4.78 is 0. The number of rotatable bonds is 8. The van der Waals surface area contributed by atoms with Crippen LogP contribution in [0.1, 0.15) is 51.8 Å². The summed E-state index contributed by atoms with van der Waals surface area (Å²) in [5.74, 6) is 2.54. The summed E-state index contributed by atoms with van der Waals surface area (Å²) in [6, 6.07) is 2.24. The van der Waals surface area contributed by atoms with Gasteiger partial charge in [0.1, 0.15) is 17.5 Å². The van der Waals surface area contributed by atoms with Gasteiger partial charge in [-0.25, -0.2) is 9.97 Å². The zero-order valence-corrected chi connectivity index (χ0v) is 13.1. The summed E-state index contributed by atoms with van der Waals surface area (Å²) >= 11 is 0. The average Bonchev–Trinajstić information content (AvgIpc) is 3.26. The van der Waals surface area contributed by atoms with Crippen molar-refractivity contribution < 1.29 is 4.79 Å². The number of amides is 1. The van der Waals surface area contributed by atoms with Gasteiger partial charge in [-0.1, -0.05) is 20.8 Å². The van der Waals surface area contributed by atoms with Crippen LogP contribution in [0.4, 0.5) is 11.6 Å². The van der Waals surface area contributed by atoms with Crippen LogP contribution in [0.25, 0.3) is 0 Å². The molecule has 6 nitrogen and oxygen atoms in total. The number of aromatic nitrogens is 2. The Morgan fingerprint density at radius 2 is 1.95 bits per heavy atom. The summed E-state index contributed by atoms with van der Waals surface area (Å²) in [5, 5.41) is 9.30. The lowest BCUT2D eigenvalue weighted by molar-refractivity contribution is -0.119. The fraction of sp³-hybridized carbons (Fsp3) is 0.667. The van der Waals surface area contributed by atoms with Gasteiger partial charge in [0.05, 0.1) is 6.54 Å². The Morgan fingerprint density at radius 1 is 1.29 bits per heavy atom. The third-order valence-electron chi connectivity index (χ3n) is 3.19.